The van der Waals surface area contributed by atoms with Crippen molar-refractivity contribution >= 4 is 21.7 Å². The third-order valence-electron chi connectivity index (χ3n) is 2.30. The van der Waals surface area contributed by atoms with E-state index in [0.29, 0.717) is 11.4 Å². The molecule has 1 aromatic heterocycles. The first-order valence-corrected chi connectivity index (χ1v) is 7.39. The predicted octanol–water partition coefficient (Wildman–Crippen LogP) is 0.781. The molecule has 0 aliphatic heterocycles. The molecular weight excluding hydrogens is 284 g/mol. The maximum Gasteiger partial charge on any atom is 0.329 e. The Kier molecular flexibility index (Phi) is 4.08. The highest BCUT2D eigenvalue weighted by Crippen LogP contribution is 2.19. The van der Waals surface area contributed by atoms with Gasteiger partial charge in [-0.05, 0) is 12.1 Å². The van der Waals surface area contributed by atoms with Crippen molar-refractivity contribution in [1.29, 1.82) is 0 Å². The smallest absolute Gasteiger partial charge is 0.329 e. The molecule has 0 saturated heterocycles. The number of aryl methyl sites for hydroxylation is 1. The van der Waals surface area contributed by atoms with E-state index in [1.165, 1.54) is 0 Å². The predicted molar refractivity (Wildman–Crippen MR) is 72.8 cm³/mol. The lowest BCUT2D eigenvalue weighted by atomic mass is 10.3. The van der Waals surface area contributed by atoms with Crippen LogP contribution in [0.3, 0.4) is 0 Å². The number of nitrogens with one attached hydrogen (secondary N) is 1. The van der Waals surface area contributed by atoms with Crippen molar-refractivity contribution in [3.8, 4) is 5.75 Å². The second kappa shape index (κ2) is 5.78. The molecule has 0 spiro atoms. The zero-order chi connectivity index (χ0) is 14.6. The molecule has 0 aliphatic carbocycles. The van der Waals surface area contributed by atoms with Crippen LogP contribution >= 0.6 is 0 Å². The standard InChI is InChI=1S/C11H14N4O4S/c1-8-13-14-11(19-8)15-20(16,17)7-6-18-10-5-3-2-4-9(10)12/h2-5H,6-7,12H2,1H3,(H,14,15). The molecule has 0 fully saturated rings. The van der Waals surface area contributed by atoms with Gasteiger partial charge < -0.3 is 14.9 Å². The zero-order valence-electron chi connectivity index (χ0n) is 10.7. The minimum Gasteiger partial charge on any atom is -0.490 e. The summed E-state index contributed by atoms with van der Waals surface area (Å²) in [6, 6.07) is 6.68. The molecule has 0 radical (unpaired) electrons. The van der Waals surface area contributed by atoms with Gasteiger partial charge in [-0.15, -0.1) is 5.10 Å². The first kappa shape index (κ1) is 14.1. The Morgan fingerprint density at radius 2 is 2.10 bits per heavy atom. The fourth-order valence-corrected chi connectivity index (χ4v) is 2.15. The van der Waals surface area contributed by atoms with E-state index in [1.54, 1.807) is 31.2 Å². The van der Waals surface area contributed by atoms with Gasteiger partial charge in [-0.1, -0.05) is 17.2 Å². The maximum absolute atomic E-state index is 11.7. The van der Waals surface area contributed by atoms with Crippen molar-refractivity contribution in [2.24, 2.45) is 0 Å². The van der Waals surface area contributed by atoms with E-state index < -0.39 is 10.0 Å². The number of nitrogen functional groups attached to an aromatic ring is 1. The molecule has 0 atom stereocenters. The van der Waals surface area contributed by atoms with Crippen LogP contribution in [0.5, 0.6) is 5.75 Å². The average molecular weight is 298 g/mol. The molecule has 9 heteroatoms. The monoisotopic (exact) mass is 298 g/mol. The maximum atomic E-state index is 11.7. The van der Waals surface area contributed by atoms with Crippen molar-refractivity contribution in [2.75, 3.05) is 22.8 Å². The van der Waals surface area contributed by atoms with Crippen LogP contribution in [0.1, 0.15) is 5.89 Å². The highest BCUT2D eigenvalue weighted by Gasteiger charge is 2.14. The van der Waals surface area contributed by atoms with E-state index in [0.717, 1.165) is 0 Å². The number of nitrogens with zero attached hydrogens (tertiary/aromatic N) is 2. The van der Waals surface area contributed by atoms with Crippen molar-refractivity contribution in [3.05, 3.63) is 30.2 Å². The lowest BCUT2D eigenvalue weighted by molar-refractivity contribution is 0.343. The molecule has 2 aromatic rings. The lowest BCUT2D eigenvalue weighted by Crippen LogP contribution is -2.21. The first-order valence-electron chi connectivity index (χ1n) is 5.74. The fourth-order valence-electron chi connectivity index (χ4n) is 1.40. The van der Waals surface area contributed by atoms with Gasteiger partial charge >= 0.3 is 6.01 Å². The summed E-state index contributed by atoms with van der Waals surface area (Å²) < 4.78 is 35.9. The lowest BCUT2D eigenvalue weighted by Gasteiger charge is -2.08. The van der Waals surface area contributed by atoms with Crippen LogP contribution in [0.2, 0.25) is 0 Å². The summed E-state index contributed by atoms with van der Waals surface area (Å²) in [5, 5.41) is 7.06. The Balaban J connectivity index is 1.88. The van der Waals surface area contributed by atoms with Gasteiger partial charge in [0.1, 0.15) is 18.1 Å². The van der Waals surface area contributed by atoms with E-state index in [4.69, 9.17) is 14.9 Å². The number of hydrogen-bond donors (Lipinski definition) is 2. The minimum atomic E-state index is -3.62. The van der Waals surface area contributed by atoms with Gasteiger partial charge in [-0.2, -0.15) is 0 Å². The van der Waals surface area contributed by atoms with Crippen LogP contribution in [0, 0.1) is 6.92 Å². The second-order valence-electron chi connectivity index (χ2n) is 3.93. The molecule has 0 bridgehead atoms. The van der Waals surface area contributed by atoms with Crippen molar-refractivity contribution < 1.29 is 17.6 Å². The van der Waals surface area contributed by atoms with E-state index in [9.17, 15) is 8.42 Å². The van der Waals surface area contributed by atoms with Gasteiger partial charge in [0.25, 0.3) is 0 Å². The van der Waals surface area contributed by atoms with E-state index in [-0.39, 0.29) is 24.3 Å². The first-order chi connectivity index (χ1) is 9.46. The van der Waals surface area contributed by atoms with Crippen LogP contribution in [0.4, 0.5) is 11.7 Å². The molecule has 0 aliphatic rings. The SMILES string of the molecule is Cc1nnc(NS(=O)(=O)CCOc2ccccc2N)o1. The van der Waals surface area contributed by atoms with Crippen LogP contribution < -0.4 is 15.2 Å². The normalized spacial score (nSPS) is 11.2. The number of anilines is 2. The molecular formula is C11H14N4O4S. The van der Waals surface area contributed by atoms with E-state index in [2.05, 4.69) is 14.9 Å². The van der Waals surface area contributed by atoms with Crippen LogP contribution in [-0.4, -0.2) is 31.0 Å². The molecule has 1 aromatic carbocycles. The Hall–Kier alpha value is -2.29. The van der Waals surface area contributed by atoms with E-state index >= 15 is 0 Å². The summed E-state index contributed by atoms with van der Waals surface area (Å²) in [5.41, 5.74) is 6.12. The highest BCUT2D eigenvalue weighted by molar-refractivity contribution is 7.92. The number of sulfonamides is 1. The van der Waals surface area contributed by atoms with Crippen molar-refractivity contribution in [1.82, 2.24) is 10.2 Å². The molecule has 20 heavy (non-hydrogen) atoms. The summed E-state index contributed by atoms with van der Waals surface area (Å²) in [7, 11) is -3.62. The number of benzene rings is 1. The molecule has 1 heterocycles. The topological polar surface area (TPSA) is 120 Å². The summed E-state index contributed by atoms with van der Waals surface area (Å²) in [6.07, 6.45) is 0. The van der Waals surface area contributed by atoms with Gasteiger partial charge in [0, 0.05) is 6.92 Å². The fraction of sp³-hybridized carbons (Fsp3) is 0.273. The summed E-state index contributed by atoms with van der Waals surface area (Å²) in [4.78, 5) is 0. The number of nitrogens with two attached hydrogens (primary N) is 1. The molecule has 0 amide bonds. The molecule has 3 N–H and O–H groups in total. The molecule has 0 saturated carbocycles. The Bertz CT molecular complexity index is 683. The summed E-state index contributed by atoms with van der Waals surface area (Å²) in [5.74, 6) is 0.454. The van der Waals surface area contributed by atoms with Gasteiger partial charge in [0.2, 0.25) is 15.9 Å². The average Bonchev–Trinajstić information content (AvgIpc) is 2.76. The van der Waals surface area contributed by atoms with Gasteiger partial charge in [-0.3, -0.25) is 0 Å². The van der Waals surface area contributed by atoms with Crippen molar-refractivity contribution in [2.45, 2.75) is 6.92 Å². The van der Waals surface area contributed by atoms with Gasteiger partial charge in [0.15, 0.2) is 0 Å². The quantitative estimate of drug-likeness (QED) is 0.756. The minimum absolute atomic E-state index is 0.0450. The number of rotatable bonds is 6. The van der Waals surface area contributed by atoms with Gasteiger partial charge in [0.05, 0.1) is 5.69 Å². The van der Waals surface area contributed by atoms with Crippen LogP contribution in [0.15, 0.2) is 28.7 Å². The summed E-state index contributed by atoms with van der Waals surface area (Å²) in [6.45, 7) is 1.52. The largest absolute Gasteiger partial charge is 0.490 e. The second-order valence-corrected chi connectivity index (χ2v) is 5.78. The van der Waals surface area contributed by atoms with Crippen molar-refractivity contribution in [3.63, 3.8) is 0 Å². The summed E-state index contributed by atoms with van der Waals surface area (Å²) >= 11 is 0. The number of hydrogen-bond acceptors (Lipinski definition) is 7. The third-order valence-corrected chi connectivity index (χ3v) is 3.49. The molecule has 2 rings (SSSR count). The molecule has 108 valence electrons. The third kappa shape index (κ3) is 3.85. The molecule has 8 nitrogen and oxygen atoms in total. The zero-order valence-corrected chi connectivity index (χ0v) is 11.6. The van der Waals surface area contributed by atoms with Crippen LogP contribution in [0.25, 0.3) is 0 Å². The number of para-hydroxylation sites is 2. The Morgan fingerprint density at radius 1 is 1.35 bits per heavy atom. The Morgan fingerprint density at radius 3 is 2.75 bits per heavy atom. The van der Waals surface area contributed by atoms with Gasteiger partial charge in [-0.25, -0.2) is 13.1 Å². The Labute approximate surface area is 116 Å². The van der Waals surface area contributed by atoms with Crippen LogP contribution in [-0.2, 0) is 10.0 Å². The number of ether oxygens (including phenoxy) is 1. The highest BCUT2D eigenvalue weighted by atomic mass is 32.2. The number of aromatic nitrogens is 2. The molecule has 0 unspecified atom stereocenters. The van der Waals surface area contributed by atoms with E-state index in [1.807, 2.05) is 0 Å².